The number of likely N-dealkylation sites (tertiary alicyclic amines) is 1. The van der Waals surface area contributed by atoms with Crippen molar-refractivity contribution >= 4 is 29.5 Å². The van der Waals surface area contributed by atoms with Crippen LogP contribution in [0, 0.1) is 11.8 Å². The third kappa shape index (κ3) is 3.94. The normalized spacial score (nSPS) is 30.3. The molecule has 0 aromatic heterocycles. The van der Waals surface area contributed by atoms with Gasteiger partial charge in [-0.2, -0.15) is 0 Å². The molecule has 0 saturated carbocycles. The second-order valence-corrected chi connectivity index (χ2v) is 11.1. The predicted octanol–water partition coefficient (Wildman–Crippen LogP) is 3.10. The fraction of sp³-hybridized carbons (Fsp3) is 0.577. The van der Waals surface area contributed by atoms with Gasteiger partial charge < -0.3 is 20.0 Å². The van der Waals surface area contributed by atoms with Gasteiger partial charge in [-0.25, -0.2) is 0 Å². The fourth-order valence-corrected chi connectivity index (χ4v) is 8.38. The molecule has 2 N–H and O–H groups in total. The molecule has 0 radical (unpaired) electrons. The molecule has 0 aliphatic carbocycles. The number of amides is 2. The molecule has 184 valence electrons. The van der Waals surface area contributed by atoms with Crippen LogP contribution in [0.15, 0.2) is 43.0 Å². The van der Waals surface area contributed by atoms with Crippen LogP contribution in [0.2, 0.25) is 0 Å². The highest BCUT2D eigenvalue weighted by atomic mass is 32.2. The molecule has 2 unspecified atom stereocenters. The van der Waals surface area contributed by atoms with Crippen molar-refractivity contribution in [3.05, 3.63) is 48.6 Å². The van der Waals surface area contributed by atoms with E-state index in [-0.39, 0.29) is 23.7 Å². The number of rotatable bonds is 11. The number of carboxylic acids is 1. The molecule has 1 aromatic carbocycles. The minimum absolute atomic E-state index is 0.166. The molecule has 6 atom stereocenters. The van der Waals surface area contributed by atoms with Crippen LogP contribution in [0.1, 0.15) is 50.6 Å². The van der Waals surface area contributed by atoms with E-state index in [2.05, 4.69) is 13.5 Å². The Bertz CT molecular complexity index is 940. The Morgan fingerprint density at radius 2 is 2.06 bits per heavy atom. The lowest BCUT2D eigenvalue weighted by molar-refractivity contribution is -0.150. The van der Waals surface area contributed by atoms with Crippen molar-refractivity contribution in [1.29, 1.82) is 0 Å². The molecule has 2 bridgehead atoms. The Morgan fingerprint density at radius 3 is 2.68 bits per heavy atom. The minimum Gasteiger partial charge on any atom is -0.481 e. The maximum atomic E-state index is 14.2. The summed E-state index contributed by atoms with van der Waals surface area (Å²) in [6.45, 7) is 6.51. The van der Waals surface area contributed by atoms with Crippen molar-refractivity contribution in [1.82, 2.24) is 9.80 Å². The largest absolute Gasteiger partial charge is 0.481 e. The summed E-state index contributed by atoms with van der Waals surface area (Å²) in [6, 6.07) is 7.68. The summed E-state index contributed by atoms with van der Waals surface area (Å²) in [5.74, 6) is -3.04. The van der Waals surface area contributed by atoms with Crippen LogP contribution in [-0.2, 0) is 14.4 Å². The average Bonchev–Trinajstić information content (AvgIpc) is 3.47. The average molecular weight is 487 g/mol. The van der Waals surface area contributed by atoms with E-state index in [1.165, 1.54) is 16.7 Å². The Kier molecular flexibility index (Phi) is 7.38. The number of nitrogens with zero attached hydrogens (tertiary/aromatic N) is 2. The number of thioether (sulfide) groups is 1. The first-order valence-corrected chi connectivity index (χ1v) is 13.1. The van der Waals surface area contributed by atoms with Gasteiger partial charge in [0, 0.05) is 18.3 Å². The molecule has 34 heavy (non-hydrogen) atoms. The first-order chi connectivity index (χ1) is 16.4. The van der Waals surface area contributed by atoms with E-state index < -0.39 is 34.6 Å². The van der Waals surface area contributed by atoms with Crippen LogP contribution in [0.5, 0.6) is 0 Å². The molecule has 4 rings (SSSR count). The number of unbranched alkanes of at least 4 members (excludes halogenated alkanes) is 2. The molecular formula is C26H34N2O5S. The molecule has 3 aliphatic rings. The summed E-state index contributed by atoms with van der Waals surface area (Å²) in [7, 11) is 0. The summed E-state index contributed by atoms with van der Waals surface area (Å²) in [5, 5.41) is 20.3. The van der Waals surface area contributed by atoms with Gasteiger partial charge in [-0.1, -0.05) is 56.2 Å². The smallest absolute Gasteiger partial charge is 0.308 e. The molecule has 8 heteroatoms. The van der Waals surface area contributed by atoms with Crippen LogP contribution in [0.25, 0.3) is 0 Å². The highest BCUT2D eigenvalue weighted by molar-refractivity contribution is 8.02. The summed E-state index contributed by atoms with van der Waals surface area (Å²) in [4.78, 5) is 43.7. The van der Waals surface area contributed by atoms with Crippen molar-refractivity contribution in [3.8, 4) is 0 Å². The molecule has 1 spiro atoms. The van der Waals surface area contributed by atoms with Crippen LogP contribution in [0.4, 0.5) is 0 Å². The van der Waals surface area contributed by atoms with Crippen LogP contribution in [0.3, 0.4) is 0 Å². The lowest BCUT2D eigenvalue weighted by Crippen LogP contribution is -2.55. The SMILES string of the molecule is C=CCN(CCCCC)C(=O)C1N([C@H](CO)c2ccccc2)C(=O)[C@@H]2[C@H](C(=O)O)[C@@H]3CCC12S3. The molecule has 1 aromatic rings. The summed E-state index contributed by atoms with van der Waals surface area (Å²) in [5.41, 5.74) is 0.736. The topological polar surface area (TPSA) is 98.2 Å². The second kappa shape index (κ2) is 10.1. The van der Waals surface area contributed by atoms with Gasteiger partial charge in [0.25, 0.3) is 0 Å². The monoisotopic (exact) mass is 486 g/mol. The lowest BCUT2D eigenvalue weighted by atomic mass is 9.71. The van der Waals surface area contributed by atoms with E-state index in [1.54, 1.807) is 11.0 Å². The Morgan fingerprint density at radius 1 is 1.32 bits per heavy atom. The van der Waals surface area contributed by atoms with E-state index in [9.17, 15) is 24.6 Å². The summed E-state index contributed by atoms with van der Waals surface area (Å²) < 4.78 is -0.783. The molecule has 7 nitrogen and oxygen atoms in total. The zero-order chi connectivity index (χ0) is 24.5. The number of hydrogen-bond acceptors (Lipinski definition) is 5. The van der Waals surface area contributed by atoms with Crippen molar-refractivity contribution in [2.24, 2.45) is 11.8 Å². The summed E-state index contributed by atoms with van der Waals surface area (Å²) in [6.07, 6.45) is 5.86. The van der Waals surface area contributed by atoms with E-state index in [0.29, 0.717) is 25.9 Å². The molecule has 3 fully saturated rings. The number of aliphatic hydroxyl groups excluding tert-OH is 1. The van der Waals surface area contributed by atoms with Gasteiger partial charge in [-0.3, -0.25) is 14.4 Å². The van der Waals surface area contributed by atoms with E-state index in [4.69, 9.17) is 0 Å². The van der Waals surface area contributed by atoms with Crippen molar-refractivity contribution in [3.63, 3.8) is 0 Å². The number of benzene rings is 1. The standard InChI is InChI=1S/C26H34N2O5S/c1-3-5-9-15-27(14-4-2)24(31)22-26-13-12-19(34-26)20(25(32)33)21(26)23(30)28(22)18(16-29)17-10-7-6-8-11-17/h4,6-8,10-11,18-22,29H,2-3,5,9,12-16H2,1H3,(H,32,33)/t18-,19+,20-,21+,22?,26?/m1/s1. The number of carbonyl (C=O) groups excluding carboxylic acids is 2. The first-order valence-electron chi connectivity index (χ1n) is 12.2. The highest BCUT2D eigenvalue weighted by Crippen LogP contribution is 2.67. The van der Waals surface area contributed by atoms with Gasteiger partial charge in [0.2, 0.25) is 11.8 Å². The molecule has 2 amide bonds. The van der Waals surface area contributed by atoms with Crippen molar-refractivity contribution < 1.29 is 24.6 Å². The third-order valence-electron chi connectivity index (χ3n) is 7.64. The number of carbonyl (C=O) groups is 3. The van der Waals surface area contributed by atoms with E-state index in [1.807, 2.05) is 30.3 Å². The van der Waals surface area contributed by atoms with Crippen molar-refractivity contribution in [2.45, 2.75) is 61.1 Å². The second-order valence-electron chi connectivity index (χ2n) is 9.53. The van der Waals surface area contributed by atoms with Gasteiger partial charge in [0.15, 0.2) is 0 Å². The first kappa shape index (κ1) is 24.8. The van der Waals surface area contributed by atoms with Gasteiger partial charge in [-0.15, -0.1) is 18.3 Å². The number of fused-ring (bicyclic) bond motifs is 1. The van der Waals surface area contributed by atoms with Gasteiger partial charge in [0.05, 0.1) is 29.2 Å². The van der Waals surface area contributed by atoms with E-state index >= 15 is 0 Å². The van der Waals surface area contributed by atoms with Gasteiger partial charge in [0.1, 0.15) is 6.04 Å². The molecule has 3 aliphatic heterocycles. The number of aliphatic hydroxyl groups is 1. The Balaban J connectivity index is 1.79. The van der Waals surface area contributed by atoms with Crippen LogP contribution < -0.4 is 0 Å². The number of aliphatic carboxylic acids is 1. The van der Waals surface area contributed by atoms with Gasteiger partial charge >= 0.3 is 5.97 Å². The summed E-state index contributed by atoms with van der Waals surface area (Å²) >= 11 is 1.52. The zero-order valence-electron chi connectivity index (χ0n) is 19.6. The molecule has 3 saturated heterocycles. The van der Waals surface area contributed by atoms with Gasteiger partial charge in [-0.05, 0) is 24.8 Å². The maximum Gasteiger partial charge on any atom is 0.308 e. The van der Waals surface area contributed by atoms with Crippen LogP contribution in [-0.4, -0.2) is 73.5 Å². The minimum atomic E-state index is -0.975. The van der Waals surface area contributed by atoms with Crippen molar-refractivity contribution in [2.75, 3.05) is 19.7 Å². The molecular weight excluding hydrogens is 452 g/mol. The number of hydrogen-bond donors (Lipinski definition) is 2. The highest BCUT2D eigenvalue weighted by Gasteiger charge is 2.74. The predicted molar refractivity (Wildman–Crippen MR) is 131 cm³/mol. The Labute approximate surface area is 205 Å². The maximum absolute atomic E-state index is 14.2. The Hall–Kier alpha value is -2.32. The molecule has 3 heterocycles. The zero-order valence-corrected chi connectivity index (χ0v) is 20.5. The van der Waals surface area contributed by atoms with E-state index in [0.717, 1.165) is 24.8 Å². The van der Waals surface area contributed by atoms with Crippen LogP contribution >= 0.6 is 11.8 Å². The third-order valence-corrected chi connectivity index (χ3v) is 9.59. The number of carboxylic acid groups (broad SMARTS) is 1. The quantitative estimate of drug-likeness (QED) is 0.368. The lowest BCUT2D eigenvalue weighted by Gasteiger charge is -2.39. The fourth-order valence-electron chi connectivity index (χ4n) is 6.19.